The van der Waals surface area contributed by atoms with Gasteiger partial charge in [-0.3, -0.25) is 4.98 Å². The van der Waals surface area contributed by atoms with E-state index in [0.29, 0.717) is 6.04 Å². The number of halogens is 1. The molecule has 3 nitrogen and oxygen atoms in total. The lowest BCUT2D eigenvalue weighted by molar-refractivity contribution is 0.351. The second kappa shape index (κ2) is 6.58. The molecule has 1 unspecified atom stereocenters. The first-order chi connectivity index (χ1) is 10.3. The van der Waals surface area contributed by atoms with Crippen molar-refractivity contribution in [2.75, 3.05) is 13.7 Å². The van der Waals surface area contributed by atoms with Crippen molar-refractivity contribution in [2.45, 2.75) is 25.3 Å². The number of benzene rings is 1. The molecule has 2 heterocycles. The number of hydrogen-bond acceptors (Lipinski definition) is 3. The Morgan fingerprint density at radius 3 is 3.05 bits per heavy atom. The first-order valence-corrected chi connectivity index (χ1v) is 8.06. The SMILES string of the molecule is CNC(Cc1cccnc1)Cc1cc(Br)cc2c1OCC2. The minimum absolute atomic E-state index is 0.372. The highest BCUT2D eigenvalue weighted by atomic mass is 79.9. The smallest absolute Gasteiger partial charge is 0.125 e. The number of likely N-dealkylation sites (N-methyl/N-ethyl adjacent to an activating group) is 1. The summed E-state index contributed by atoms with van der Waals surface area (Å²) in [5, 5.41) is 3.41. The number of hydrogen-bond donors (Lipinski definition) is 1. The van der Waals surface area contributed by atoms with Crippen LogP contribution < -0.4 is 10.1 Å². The summed E-state index contributed by atoms with van der Waals surface area (Å²) in [7, 11) is 2.01. The molecule has 0 saturated carbocycles. The zero-order valence-electron chi connectivity index (χ0n) is 12.1. The Balaban J connectivity index is 1.78. The lowest BCUT2D eigenvalue weighted by Gasteiger charge is -2.18. The summed E-state index contributed by atoms with van der Waals surface area (Å²) >= 11 is 3.61. The number of rotatable bonds is 5. The highest BCUT2D eigenvalue weighted by molar-refractivity contribution is 9.10. The lowest BCUT2D eigenvalue weighted by Crippen LogP contribution is -2.30. The van der Waals surface area contributed by atoms with Gasteiger partial charge in [-0.1, -0.05) is 22.0 Å². The zero-order chi connectivity index (χ0) is 14.7. The van der Waals surface area contributed by atoms with E-state index in [0.717, 1.165) is 36.1 Å². The van der Waals surface area contributed by atoms with E-state index < -0.39 is 0 Å². The first-order valence-electron chi connectivity index (χ1n) is 7.26. The third-order valence-electron chi connectivity index (χ3n) is 3.90. The van der Waals surface area contributed by atoms with Crippen LogP contribution in [0.15, 0.2) is 41.1 Å². The molecule has 1 aliphatic rings. The average molecular weight is 347 g/mol. The van der Waals surface area contributed by atoms with Crippen LogP contribution in [0.2, 0.25) is 0 Å². The Hall–Kier alpha value is -1.39. The Morgan fingerprint density at radius 2 is 2.29 bits per heavy atom. The number of aromatic nitrogens is 1. The van der Waals surface area contributed by atoms with Gasteiger partial charge in [-0.15, -0.1) is 0 Å². The third kappa shape index (κ3) is 3.44. The minimum atomic E-state index is 0.372. The van der Waals surface area contributed by atoms with Crippen molar-refractivity contribution in [3.8, 4) is 5.75 Å². The Kier molecular flexibility index (Phi) is 4.56. The molecule has 0 radical (unpaired) electrons. The first kappa shape index (κ1) is 14.5. The zero-order valence-corrected chi connectivity index (χ0v) is 13.7. The molecule has 4 heteroatoms. The summed E-state index contributed by atoms with van der Waals surface area (Å²) in [4.78, 5) is 4.19. The molecule has 0 aliphatic carbocycles. The fraction of sp³-hybridized carbons (Fsp3) is 0.353. The number of pyridine rings is 1. The summed E-state index contributed by atoms with van der Waals surface area (Å²) in [6.07, 6.45) is 6.67. The van der Waals surface area contributed by atoms with E-state index in [1.807, 2.05) is 25.5 Å². The second-order valence-electron chi connectivity index (χ2n) is 5.41. The molecule has 21 heavy (non-hydrogen) atoms. The molecule has 0 spiro atoms. The number of nitrogens with one attached hydrogen (secondary N) is 1. The fourth-order valence-electron chi connectivity index (χ4n) is 2.84. The van der Waals surface area contributed by atoms with Gasteiger partial charge in [0.25, 0.3) is 0 Å². The van der Waals surface area contributed by atoms with Crippen LogP contribution in [-0.4, -0.2) is 24.7 Å². The van der Waals surface area contributed by atoms with Gasteiger partial charge >= 0.3 is 0 Å². The summed E-state index contributed by atoms with van der Waals surface area (Å²) in [6, 6.07) is 8.83. The Morgan fingerprint density at radius 1 is 1.38 bits per heavy atom. The molecular weight excluding hydrogens is 328 g/mol. The van der Waals surface area contributed by atoms with E-state index >= 15 is 0 Å². The van der Waals surface area contributed by atoms with Crippen molar-refractivity contribution >= 4 is 15.9 Å². The molecule has 0 amide bonds. The largest absolute Gasteiger partial charge is 0.493 e. The van der Waals surface area contributed by atoms with Crippen molar-refractivity contribution in [3.63, 3.8) is 0 Å². The van der Waals surface area contributed by atoms with E-state index in [1.165, 1.54) is 16.7 Å². The van der Waals surface area contributed by atoms with Crippen LogP contribution in [0.3, 0.4) is 0 Å². The van der Waals surface area contributed by atoms with Crippen LogP contribution in [0.1, 0.15) is 16.7 Å². The van der Waals surface area contributed by atoms with Gasteiger partial charge in [-0.2, -0.15) is 0 Å². The maximum atomic E-state index is 5.82. The molecule has 0 bridgehead atoms. The summed E-state index contributed by atoms with van der Waals surface area (Å²) in [6.45, 7) is 0.797. The van der Waals surface area contributed by atoms with Gasteiger partial charge in [-0.05, 0) is 54.8 Å². The van der Waals surface area contributed by atoms with Gasteiger partial charge in [0.1, 0.15) is 5.75 Å². The van der Waals surface area contributed by atoms with Gasteiger partial charge < -0.3 is 10.1 Å². The standard InChI is InChI=1S/C17H19BrN2O/c1-19-16(7-12-3-2-5-20-11-12)10-14-9-15(18)8-13-4-6-21-17(13)14/h2-3,5,8-9,11,16,19H,4,6-7,10H2,1H3. The second-order valence-corrected chi connectivity index (χ2v) is 6.32. The molecule has 2 aromatic rings. The summed E-state index contributed by atoms with van der Waals surface area (Å²) in [5.74, 6) is 1.09. The summed E-state index contributed by atoms with van der Waals surface area (Å²) in [5.41, 5.74) is 3.85. The van der Waals surface area contributed by atoms with Crippen molar-refractivity contribution in [1.82, 2.24) is 10.3 Å². The molecular formula is C17H19BrN2O. The van der Waals surface area contributed by atoms with Crippen molar-refractivity contribution in [2.24, 2.45) is 0 Å². The molecule has 1 aromatic heterocycles. The Labute approximate surface area is 133 Å². The quantitative estimate of drug-likeness (QED) is 0.902. The topological polar surface area (TPSA) is 34.2 Å². The van der Waals surface area contributed by atoms with Crippen molar-refractivity contribution < 1.29 is 4.74 Å². The van der Waals surface area contributed by atoms with Crippen LogP contribution in [0.25, 0.3) is 0 Å². The van der Waals surface area contributed by atoms with E-state index in [4.69, 9.17) is 4.74 Å². The van der Waals surface area contributed by atoms with Crippen LogP contribution in [-0.2, 0) is 19.3 Å². The lowest BCUT2D eigenvalue weighted by atomic mass is 9.97. The predicted octanol–water partition coefficient (Wildman–Crippen LogP) is 3.15. The number of nitrogens with zero attached hydrogens (tertiary/aromatic N) is 1. The molecule has 1 atom stereocenters. The maximum absolute atomic E-state index is 5.82. The normalized spacial score (nSPS) is 14.6. The monoisotopic (exact) mass is 346 g/mol. The predicted molar refractivity (Wildman–Crippen MR) is 87.8 cm³/mol. The fourth-order valence-corrected chi connectivity index (χ4v) is 3.40. The van der Waals surface area contributed by atoms with Crippen LogP contribution in [0.5, 0.6) is 5.75 Å². The van der Waals surface area contributed by atoms with E-state index in [2.05, 4.69) is 44.4 Å². The van der Waals surface area contributed by atoms with E-state index in [1.54, 1.807) is 0 Å². The van der Waals surface area contributed by atoms with Crippen molar-refractivity contribution in [1.29, 1.82) is 0 Å². The van der Waals surface area contributed by atoms with Crippen LogP contribution in [0.4, 0.5) is 0 Å². The highest BCUT2D eigenvalue weighted by Crippen LogP contribution is 2.33. The molecule has 1 N–H and O–H groups in total. The van der Waals surface area contributed by atoms with E-state index in [9.17, 15) is 0 Å². The average Bonchev–Trinajstić information content (AvgIpc) is 2.96. The third-order valence-corrected chi connectivity index (χ3v) is 4.36. The van der Waals surface area contributed by atoms with Gasteiger partial charge in [0.2, 0.25) is 0 Å². The van der Waals surface area contributed by atoms with Crippen LogP contribution in [0, 0.1) is 0 Å². The molecule has 0 fully saturated rings. The molecule has 1 aromatic carbocycles. The maximum Gasteiger partial charge on any atom is 0.125 e. The number of ether oxygens (including phenoxy) is 1. The molecule has 1 aliphatic heterocycles. The van der Waals surface area contributed by atoms with Crippen molar-refractivity contribution in [3.05, 3.63) is 57.8 Å². The van der Waals surface area contributed by atoms with E-state index in [-0.39, 0.29) is 0 Å². The Bertz CT molecular complexity index is 616. The summed E-state index contributed by atoms with van der Waals surface area (Å²) < 4.78 is 6.96. The number of fused-ring (bicyclic) bond motifs is 1. The van der Waals surface area contributed by atoms with Gasteiger partial charge in [0.05, 0.1) is 6.61 Å². The molecule has 0 saturated heterocycles. The van der Waals surface area contributed by atoms with Gasteiger partial charge in [0, 0.05) is 29.3 Å². The van der Waals surface area contributed by atoms with Gasteiger partial charge in [0.15, 0.2) is 0 Å². The molecule has 3 rings (SSSR count). The molecule has 110 valence electrons. The van der Waals surface area contributed by atoms with Gasteiger partial charge in [-0.25, -0.2) is 0 Å². The minimum Gasteiger partial charge on any atom is -0.493 e. The van der Waals surface area contributed by atoms with Crippen LogP contribution >= 0.6 is 15.9 Å². The highest BCUT2D eigenvalue weighted by Gasteiger charge is 2.19.